The summed E-state index contributed by atoms with van der Waals surface area (Å²) in [6.07, 6.45) is 0.821. The number of para-hydroxylation sites is 1. The molecule has 0 fully saturated rings. The Morgan fingerprint density at radius 3 is 2.57 bits per heavy atom. The molecule has 0 amide bonds. The Kier molecular flexibility index (Phi) is 4.41. The molecule has 0 saturated carbocycles. The van der Waals surface area contributed by atoms with Crippen LogP contribution in [0.1, 0.15) is 12.0 Å². The highest BCUT2D eigenvalue weighted by Crippen LogP contribution is 2.25. The number of halogens is 1. The predicted octanol–water partition coefficient (Wildman–Crippen LogP) is 4.09. The van der Waals surface area contributed by atoms with Crippen LogP contribution in [0.4, 0.5) is 0 Å². The van der Waals surface area contributed by atoms with Crippen molar-refractivity contribution < 1.29 is 4.74 Å². The Morgan fingerprint density at radius 1 is 1.00 bits per heavy atom. The third-order valence-corrected chi connectivity index (χ3v) is 3.58. The second kappa shape index (κ2) is 6.64. The Balaban J connectivity index is 1.91. The minimum absolute atomic E-state index is 0.593. The third-order valence-electron chi connectivity index (χ3n) is 3.32. The maximum atomic E-state index is 5.76. The van der Waals surface area contributed by atoms with Crippen molar-refractivity contribution in [3.8, 4) is 5.88 Å². The summed E-state index contributed by atoms with van der Waals surface area (Å²) >= 11 is 5.69. The van der Waals surface area contributed by atoms with E-state index >= 15 is 0 Å². The van der Waals surface area contributed by atoms with Crippen LogP contribution in [0.5, 0.6) is 5.88 Å². The molecule has 1 aromatic heterocycles. The van der Waals surface area contributed by atoms with Gasteiger partial charge in [-0.15, -0.1) is 16.7 Å². The molecule has 108 valence electrons. The molecule has 1 heterocycles. The summed E-state index contributed by atoms with van der Waals surface area (Å²) in [5.41, 5.74) is 2.31. The van der Waals surface area contributed by atoms with Gasteiger partial charge >= 0.3 is 0 Å². The molecule has 2 aromatic carbocycles. The minimum Gasteiger partial charge on any atom is -0.476 e. The molecule has 0 aliphatic carbocycles. The molecule has 0 N–H and O–H groups in total. The number of fused-ring (bicyclic) bond motifs is 1. The van der Waals surface area contributed by atoms with Crippen LogP contribution in [0.3, 0.4) is 0 Å². The summed E-state index contributed by atoms with van der Waals surface area (Å²) in [5, 5.41) is 5.65. The van der Waals surface area contributed by atoms with E-state index in [1.807, 2.05) is 41.1 Å². The number of hydrogen-bond acceptors (Lipinski definition) is 2. The summed E-state index contributed by atoms with van der Waals surface area (Å²) in [5.74, 6) is 1.29. The van der Waals surface area contributed by atoms with Gasteiger partial charge in [0.15, 0.2) is 0 Å². The van der Waals surface area contributed by atoms with Gasteiger partial charge in [-0.25, -0.2) is 0 Å². The lowest BCUT2D eigenvalue weighted by atomic mass is 10.2. The van der Waals surface area contributed by atoms with E-state index in [4.69, 9.17) is 16.3 Å². The Bertz CT molecular complexity index is 709. The zero-order valence-electron chi connectivity index (χ0n) is 11.7. The Morgan fingerprint density at radius 2 is 1.76 bits per heavy atom. The number of ether oxygens (including phenoxy) is 1. The molecule has 0 unspecified atom stereocenters. The zero-order valence-corrected chi connectivity index (χ0v) is 12.5. The average molecular weight is 301 g/mol. The third kappa shape index (κ3) is 3.19. The van der Waals surface area contributed by atoms with Crippen LogP contribution in [0.25, 0.3) is 10.9 Å². The largest absolute Gasteiger partial charge is 0.476 e. The smallest absolute Gasteiger partial charge is 0.240 e. The lowest BCUT2D eigenvalue weighted by Gasteiger charge is -2.03. The van der Waals surface area contributed by atoms with Gasteiger partial charge in [0.2, 0.25) is 5.88 Å². The van der Waals surface area contributed by atoms with Crippen molar-refractivity contribution in [1.29, 1.82) is 0 Å². The predicted molar refractivity (Wildman–Crippen MR) is 86.1 cm³/mol. The second-order valence-corrected chi connectivity index (χ2v) is 5.23. The Hall–Kier alpha value is -2.00. The van der Waals surface area contributed by atoms with E-state index in [0.717, 1.165) is 23.9 Å². The van der Waals surface area contributed by atoms with Gasteiger partial charge in [0.1, 0.15) is 0 Å². The lowest BCUT2D eigenvalue weighted by Crippen LogP contribution is -2.03. The van der Waals surface area contributed by atoms with E-state index in [9.17, 15) is 0 Å². The fraction of sp³-hybridized carbons (Fsp3) is 0.235. The molecule has 4 heteroatoms. The van der Waals surface area contributed by atoms with Crippen LogP contribution in [0.15, 0.2) is 54.6 Å². The van der Waals surface area contributed by atoms with Crippen molar-refractivity contribution in [2.45, 2.75) is 13.0 Å². The van der Waals surface area contributed by atoms with E-state index in [-0.39, 0.29) is 0 Å². The van der Waals surface area contributed by atoms with Gasteiger partial charge in [0, 0.05) is 5.88 Å². The highest BCUT2D eigenvalue weighted by molar-refractivity contribution is 6.17. The summed E-state index contributed by atoms with van der Waals surface area (Å²) in [6, 6.07) is 18.4. The van der Waals surface area contributed by atoms with Gasteiger partial charge in [-0.2, -0.15) is 0 Å². The van der Waals surface area contributed by atoms with Crippen molar-refractivity contribution in [2.75, 3.05) is 12.5 Å². The van der Waals surface area contributed by atoms with E-state index in [0.29, 0.717) is 18.4 Å². The van der Waals surface area contributed by atoms with Crippen LogP contribution >= 0.6 is 11.6 Å². The van der Waals surface area contributed by atoms with Gasteiger partial charge < -0.3 is 4.74 Å². The molecule has 3 aromatic rings. The maximum absolute atomic E-state index is 5.76. The van der Waals surface area contributed by atoms with Gasteiger partial charge in [-0.3, -0.25) is 4.68 Å². The van der Waals surface area contributed by atoms with Crippen LogP contribution in [0.2, 0.25) is 0 Å². The number of nitrogens with zero attached hydrogens (tertiary/aromatic N) is 2. The minimum atomic E-state index is 0.593. The van der Waals surface area contributed by atoms with Gasteiger partial charge in [-0.05, 0) is 24.1 Å². The molecule has 0 bridgehead atoms. The molecule has 21 heavy (non-hydrogen) atoms. The molecule has 0 aliphatic heterocycles. The summed E-state index contributed by atoms with van der Waals surface area (Å²) < 4.78 is 7.75. The first-order valence-electron chi connectivity index (χ1n) is 7.07. The molecular weight excluding hydrogens is 284 g/mol. The average Bonchev–Trinajstić information content (AvgIpc) is 2.87. The van der Waals surface area contributed by atoms with Crippen molar-refractivity contribution >= 4 is 22.5 Å². The standard InChI is InChI=1S/C17H17ClN2O/c18-11-6-12-21-17-15-9-4-5-10-16(15)20(19-17)13-14-7-2-1-3-8-14/h1-5,7-10H,6,11-13H2. The monoisotopic (exact) mass is 300 g/mol. The molecule has 3 nitrogen and oxygen atoms in total. The topological polar surface area (TPSA) is 27.1 Å². The highest BCUT2D eigenvalue weighted by Gasteiger charge is 2.11. The van der Waals surface area contributed by atoms with Crippen molar-refractivity contribution in [3.63, 3.8) is 0 Å². The normalized spacial score (nSPS) is 10.9. The lowest BCUT2D eigenvalue weighted by molar-refractivity contribution is 0.305. The summed E-state index contributed by atoms with van der Waals surface area (Å²) in [4.78, 5) is 0. The SMILES string of the molecule is ClCCCOc1nn(Cc2ccccc2)c2ccccc12. The fourth-order valence-corrected chi connectivity index (χ4v) is 2.41. The molecule has 0 atom stereocenters. The fourth-order valence-electron chi connectivity index (χ4n) is 2.30. The van der Waals surface area contributed by atoms with Crippen LogP contribution in [0, 0.1) is 0 Å². The van der Waals surface area contributed by atoms with Crippen LogP contribution in [-0.2, 0) is 6.54 Å². The van der Waals surface area contributed by atoms with Crippen molar-refractivity contribution in [3.05, 3.63) is 60.2 Å². The van der Waals surface area contributed by atoms with Crippen LogP contribution in [-0.4, -0.2) is 22.3 Å². The van der Waals surface area contributed by atoms with Gasteiger partial charge in [0.05, 0.1) is 24.1 Å². The highest BCUT2D eigenvalue weighted by atomic mass is 35.5. The Labute approximate surface area is 129 Å². The van der Waals surface area contributed by atoms with E-state index in [1.165, 1.54) is 5.56 Å². The number of aromatic nitrogens is 2. The first-order chi connectivity index (χ1) is 10.4. The van der Waals surface area contributed by atoms with E-state index in [2.05, 4.69) is 23.3 Å². The first kappa shape index (κ1) is 14.0. The van der Waals surface area contributed by atoms with E-state index < -0.39 is 0 Å². The van der Waals surface area contributed by atoms with E-state index in [1.54, 1.807) is 0 Å². The number of hydrogen-bond donors (Lipinski definition) is 0. The molecule has 3 rings (SSSR count). The molecule has 0 spiro atoms. The molecular formula is C17H17ClN2O. The zero-order chi connectivity index (χ0) is 14.5. The second-order valence-electron chi connectivity index (χ2n) is 4.86. The van der Waals surface area contributed by atoms with Crippen molar-refractivity contribution in [1.82, 2.24) is 9.78 Å². The first-order valence-corrected chi connectivity index (χ1v) is 7.60. The van der Waals surface area contributed by atoms with Crippen molar-refractivity contribution in [2.24, 2.45) is 0 Å². The molecule has 0 saturated heterocycles. The quantitative estimate of drug-likeness (QED) is 0.506. The molecule has 0 radical (unpaired) electrons. The van der Waals surface area contributed by atoms with Crippen LogP contribution < -0.4 is 4.74 Å². The number of benzene rings is 2. The molecule has 0 aliphatic rings. The number of rotatable bonds is 6. The summed E-state index contributed by atoms with van der Waals surface area (Å²) in [7, 11) is 0. The van der Waals surface area contributed by atoms with Gasteiger partial charge in [0.25, 0.3) is 0 Å². The summed E-state index contributed by atoms with van der Waals surface area (Å²) in [6.45, 7) is 1.33. The maximum Gasteiger partial charge on any atom is 0.240 e. The van der Waals surface area contributed by atoms with Gasteiger partial charge in [-0.1, -0.05) is 42.5 Å². The number of alkyl halides is 1.